The van der Waals surface area contributed by atoms with Crippen LogP contribution in [0.3, 0.4) is 0 Å². The maximum Gasteiger partial charge on any atom is 0.242 e. The van der Waals surface area contributed by atoms with Crippen LogP contribution in [-0.2, 0) is 14.8 Å². The summed E-state index contributed by atoms with van der Waals surface area (Å²) in [5.74, 6) is 0. The van der Waals surface area contributed by atoms with Crippen LogP contribution in [-0.4, -0.2) is 52.7 Å². The molecular weight excluding hydrogens is 368 g/mol. The molecule has 112 valence electrons. The van der Waals surface area contributed by atoms with E-state index in [9.17, 15) is 8.42 Å². The third-order valence-corrected chi connectivity index (χ3v) is 5.44. The van der Waals surface area contributed by atoms with Crippen molar-refractivity contribution in [2.75, 3.05) is 39.4 Å². The van der Waals surface area contributed by atoms with Gasteiger partial charge in [-0.25, -0.2) is 13.1 Å². The minimum Gasteiger partial charge on any atom is -0.379 e. The average molecular weight is 384 g/mol. The molecule has 2 rings (SSSR count). The first-order chi connectivity index (χ1) is 9.49. The number of morpholine rings is 1. The van der Waals surface area contributed by atoms with Crippen molar-refractivity contribution in [3.8, 4) is 0 Å². The van der Waals surface area contributed by atoms with Gasteiger partial charge in [0, 0.05) is 30.7 Å². The molecule has 0 unspecified atom stereocenters. The predicted molar refractivity (Wildman–Crippen MR) is 81.6 cm³/mol. The van der Waals surface area contributed by atoms with E-state index in [-0.39, 0.29) is 9.92 Å². The number of sulfonamides is 1. The van der Waals surface area contributed by atoms with Crippen molar-refractivity contribution in [1.82, 2.24) is 9.62 Å². The lowest BCUT2D eigenvalue weighted by atomic mass is 10.4. The molecule has 20 heavy (non-hydrogen) atoms. The Bertz CT molecular complexity index is 562. The Kier molecular flexibility index (Phi) is 5.83. The molecule has 0 bridgehead atoms. The van der Waals surface area contributed by atoms with Gasteiger partial charge in [0.15, 0.2) is 0 Å². The van der Waals surface area contributed by atoms with Gasteiger partial charge in [-0.2, -0.15) is 0 Å². The fourth-order valence-electron chi connectivity index (χ4n) is 1.93. The van der Waals surface area contributed by atoms with E-state index in [1.165, 1.54) is 6.07 Å². The summed E-state index contributed by atoms with van der Waals surface area (Å²) in [6.45, 7) is 4.09. The van der Waals surface area contributed by atoms with E-state index in [1.807, 2.05) is 0 Å². The van der Waals surface area contributed by atoms with Crippen molar-refractivity contribution in [1.29, 1.82) is 0 Å². The smallest absolute Gasteiger partial charge is 0.242 e. The minimum atomic E-state index is -3.57. The van der Waals surface area contributed by atoms with E-state index in [1.54, 1.807) is 12.1 Å². The normalized spacial score (nSPS) is 17.3. The molecule has 0 spiro atoms. The highest BCUT2D eigenvalue weighted by Crippen LogP contribution is 2.24. The molecule has 1 saturated heterocycles. The van der Waals surface area contributed by atoms with E-state index in [0.29, 0.717) is 26.3 Å². The van der Waals surface area contributed by atoms with Crippen molar-refractivity contribution in [3.63, 3.8) is 0 Å². The van der Waals surface area contributed by atoms with Crippen molar-refractivity contribution >= 4 is 37.6 Å². The van der Waals surface area contributed by atoms with E-state index in [2.05, 4.69) is 25.6 Å². The Balaban J connectivity index is 1.93. The van der Waals surface area contributed by atoms with Crippen LogP contribution in [0.25, 0.3) is 0 Å². The molecule has 1 aliphatic heterocycles. The van der Waals surface area contributed by atoms with E-state index >= 15 is 0 Å². The molecule has 1 aromatic rings. The van der Waals surface area contributed by atoms with Crippen LogP contribution in [0.4, 0.5) is 0 Å². The molecular formula is C12H16BrClN2O3S. The lowest BCUT2D eigenvalue weighted by Crippen LogP contribution is -2.41. The summed E-state index contributed by atoms with van der Waals surface area (Å²) in [4.78, 5) is 2.26. The van der Waals surface area contributed by atoms with Crippen LogP contribution >= 0.6 is 27.5 Å². The Morgan fingerprint density at radius 2 is 2.05 bits per heavy atom. The number of hydrogen-bond donors (Lipinski definition) is 1. The van der Waals surface area contributed by atoms with Crippen LogP contribution in [0.15, 0.2) is 27.6 Å². The summed E-state index contributed by atoms with van der Waals surface area (Å²) >= 11 is 9.22. The molecule has 0 aliphatic carbocycles. The van der Waals surface area contributed by atoms with Crippen molar-refractivity contribution in [3.05, 3.63) is 27.7 Å². The van der Waals surface area contributed by atoms with Crippen LogP contribution < -0.4 is 4.72 Å². The molecule has 0 radical (unpaired) electrons. The van der Waals surface area contributed by atoms with Gasteiger partial charge in [-0.1, -0.05) is 27.5 Å². The van der Waals surface area contributed by atoms with Gasteiger partial charge in [-0.3, -0.25) is 4.90 Å². The molecule has 1 N–H and O–H groups in total. The first-order valence-electron chi connectivity index (χ1n) is 6.24. The number of rotatable bonds is 5. The summed E-state index contributed by atoms with van der Waals surface area (Å²) in [5.41, 5.74) is 0. The fraction of sp³-hybridized carbons (Fsp3) is 0.500. The summed E-state index contributed by atoms with van der Waals surface area (Å²) < 4.78 is 32.9. The second kappa shape index (κ2) is 7.20. The maximum atomic E-state index is 12.2. The quantitative estimate of drug-likeness (QED) is 0.841. The highest BCUT2D eigenvalue weighted by atomic mass is 79.9. The monoisotopic (exact) mass is 382 g/mol. The molecule has 0 atom stereocenters. The first-order valence-corrected chi connectivity index (χ1v) is 8.89. The van der Waals surface area contributed by atoms with Crippen molar-refractivity contribution in [2.45, 2.75) is 4.90 Å². The predicted octanol–water partition coefficient (Wildman–Crippen LogP) is 1.71. The lowest BCUT2D eigenvalue weighted by Gasteiger charge is -2.26. The van der Waals surface area contributed by atoms with E-state index < -0.39 is 10.0 Å². The molecule has 1 aromatic carbocycles. The van der Waals surface area contributed by atoms with Gasteiger partial charge in [-0.15, -0.1) is 0 Å². The lowest BCUT2D eigenvalue weighted by molar-refractivity contribution is 0.0390. The second-order valence-electron chi connectivity index (χ2n) is 4.43. The number of nitrogens with one attached hydrogen (secondary N) is 1. The Labute approximate surface area is 132 Å². The van der Waals surface area contributed by atoms with Gasteiger partial charge >= 0.3 is 0 Å². The van der Waals surface area contributed by atoms with Gasteiger partial charge < -0.3 is 4.74 Å². The summed E-state index contributed by atoms with van der Waals surface area (Å²) in [5, 5.41) is 0.207. The van der Waals surface area contributed by atoms with E-state index in [4.69, 9.17) is 16.3 Å². The zero-order valence-electron chi connectivity index (χ0n) is 10.8. The van der Waals surface area contributed by atoms with Gasteiger partial charge in [0.2, 0.25) is 10.0 Å². The minimum absolute atomic E-state index is 0.101. The Morgan fingerprint density at radius 3 is 2.70 bits per heavy atom. The van der Waals surface area contributed by atoms with E-state index in [0.717, 1.165) is 17.6 Å². The molecule has 0 saturated carbocycles. The zero-order chi connectivity index (χ0) is 14.6. The third kappa shape index (κ3) is 4.41. The third-order valence-electron chi connectivity index (χ3n) is 3.01. The maximum absolute atomic E-state index is 12.2. The fourth-order valence-corrected chi connectivity index (χ4v) is 3.99. The standard InChI is InChI=1S/C12H16BrClN2O3S/c13-10-1-2-12(11(14)9-10)20(17,18)15-3-4-16-5-7-19-8-6-16/h1-2,9,15H,3-8H2. The number of benzene rings is 1. The highest BCUT2D eigenvalue weighted by Gasteiger charge is 2.18. The van der Waals surface area contributed by atoms with Crippen LogP contribution in [0, 0.1) is 0 Å². The van der Waals surface area contributed by atoms with Crippen LogP contribution in [0.1, 0.15) is 0 Å². The Hall–Kier alpha value is -0.180. The van der Waals surface area contributed by atoms with Gasteiger partial charge in [0.05, 0.1) is 18.2 Å². The highest BCUT2D eigenvalue weighted by molar-refractivity contribution is 9.10. The number of halogens is 2. The zero-order valence-corrected chi connectivity index (χ0v) is 14.0. The Morgan fingerprint density at radius 1 is 1.35 bits per heavy atom. The van der Waals surface area contributed by atoms with Gasteiger partial charge in [-0.05, 0) is 18.2 Å². The molecule has 1 aliphatic rings. The SMILES string of the molecule is O=S(=O)(NCCN1CCOCC1)c1ccc(Br)cc1Cl. The molecule has 5 nitrogen and oxygen atoms in total. The molecule has 1 fully saturated rings. The average Bonchev–Trinajstić information content (AvgIpc) is 2.39. The van der Waals surface area contributed by atoms with Crippen molar-refractivity contribution in [2.24, 2.45) is 0 Å². The van der Waals surface area contributed by atoms with Gasteiger partial charge in [0.1, 0.15) is 4.90 Å². The van der Waals surface area contributed by atoms with Gasteiger partial charge in [0.25, 0.3) is 0 Å². The molecule has 0 amide bonds. The number of hydrogen-bond acceptors (Lipinski definition) is 4. The number of nitrogens with zero attached hydrogens (tertiary/aromatic N) is 1. The number of ether oxygens (including phenoxy) is 1. The van der Waals surface area contributed by atoms with Crippen molar-refractivity contribution < 1.29 is 13.2 Å². The van der Waals surface area contributed by atoms with Crippen LogP contribution in [0.2, 0.25) is 5.02 Å². The largest absolute Gasteiger partial charge is 0.379 e. The second-order valence-corrected chi connectivity index (χ2v) is 7.48. The first kappa shape index (κ1) is 16.2. The van der Waals surface area contributed by atoms with Crippen LogP contribution in [0.5, 0.6) is 0 Å². The topological polar surface area (TPSA) is 58.6 Å². The summed E-state index contributed by atoms with van der Waals surface area (Å²) in [6, 6.07) is 4.71. The summed E-state index contributed by atoms with van der Waals surface area (Å²) in [7, 11) is -3.57. The summed E-state index contributed by atoms with van der Waals surface area (Å²) in [6.07, 6.45) is 0. The molecule has 1 heterocycles. The molecule has 0 aromatic heterocycles. The molecule has 8 heteroatoms.